The number of piperidine rings is 1. The number of rotatable bonds is 6. The van der Waals surface area contributed by atoms with Gasteiger partial charge in [0.15, 0.2) is 5.82 Å². The van der Waals surface area contributed by atoms with Gasteiger partial charge in [0, 0.05) is 32.0 Å². The molecule has 1 aliphatic rings. The van der Waals surface area contributed by atoms with Crippen molar-refractivity contribution in [3.63, 3.8) is 0 Å². The van der Waals surface area contributed by atoms with Gasteiger partial charge in [-0.3, -0.25) is 4.79 Å². The van der Waals surface area contributed by atoms with Crippen molar-refractivity contribution in [1.82, 2.24) is 20.0 Å². The zero-order valence-electron chi connectivity index (χ0n) is 14.0. The van der Waals surface area contributed by atoms with Crippen molar-refractivity contribution in [3.05, 3.63) is 27.8 Å². The van der Waals surface area contributed by atoms with Gasteiger partial charge in [0.05, 0.1) is 29.6 Å². The molecule has 1 saturated heterocycles. The standard InChI is InChI=1S/C16H22N4O3S/c1-11-17-13(10-24-11)8-15(21)20-6-3-4-12(9-20)16-18-14(19-23-16)5-7-22-2/h10,12H,3-9H2,1-2H3. The number of ether oxygens (including phenoxy) is 1. The van der Waals surface area contributed by atoms with Gasteiger partial charge in [-0.2, -0.15) is 4.98 Å². The molecule has 8 heteroatoms. The van der Waals surface area contributed by atoms with Crippen LogP contribution in [0, 0.1) is 6.92 Å². The Morgan fingerprint density at radius 1 is 1.50 bits per heavy atom. The van der Waals surface area contributed by atoms with E-state index >= 15 is 0 Å². The van der Waals surface area contributed by atoms with E-state index in [0.29, 0.717) is 37.7 Å². The number of methoxy groups -OCH3 is 1. The van der Waals surface area contributed by atoms with Gasteiger partial charge < -0.3 is 14.2 Å². The van der Waals surface area contributed by atoms with Crippen molar-refractivity contribution in [2.75, 3.05) is 26.8 Å². The van der Waals surface area contributed by atoms with E-state index in [-0.39, 0.29) is 11.8 Å². The predicted molar refractivity (Wildman–Crippen MR) is 89.0 cm³/mol. The molecule has 0 aromatic carbocycles. The zero-order chi connectivity index (χ0) is 16.9. The first kappa shape index (κ1) is 17.0. The first-order valence-corrected chi connectivity index (χ1v) is 9.04. The van der Waals surface area contributed by atoms with E-state index in [2.05, 4.69) is 15.1 Å². The minimum atomic E-state index is 0.115. The van der Waals surface area contributed by atoms with Crippen molar-refractivity contribution in [3.8, 4) is 0 Å². The summed E-state index contributed by atoms with van der Waals surface area (Å²) in [6.07, 6.45) is 2.91. The molecule has 3 heterocycles. The average Bonchev–Trinajstić information content (AvgIpc) is 3.22. The number of nitrogens with zero attached hydrogens (tertiary/aromatic N) is 4. The summed E-state index contributed by atoms with van der Waals surface area (Å²) in [7, 11) is 1.65. The van der Waals surface area contributed by atoms with Crippen LogP contribution in [0.25, 0.3) is 0 Å². The van der Waals surface area contributed by atoms with E-state index in [4.69, 9.17) is 9.26 Å². The number of carbonyl (C=O) groups excluding carboxylic acids is 1. The van der Waals surface area contributed by atoms with Crippen LogP contribution in [0.4, 0.5) is 0 Å². The second-order valence-corrected chi connectivity index (χ2v) is 7.07. The molecular weight excluding hydrogens is 328 g/mol. The molecule has 0 saturated carbocycles. The second-order valence-electron chi connectivity index (χ2n) is 6.01. The molecule has 2 aromatic rings. The Hall–Kier alpha value is -1.80. The summed E-state index contributed by atoms with van der Waals surface area (Å²) in [6.45, 7) is 3.94. The minimum absolute atomic E-state index is 0.115. The van der Waals surface area contributed by atoms with Crippen molar-refractivity contribution in [1.29, 1.82) is 0 Å². The third-order valence-corrected chi connectivity index (χ3v) is 4.96. The molecule has 1 aliphatic heterocycles. The first-order valence-electron chi connectivity index (χ1n) is 8.16. The van der Waals surface area contributed by atoms with Crippen LogP contribution >= 0.6 is 11.3 Å². The van der Waals surface area contributed by atoms with Crippen molar-refractivity contribution < 1.29 is 14.1 Å². The van der Waals surface area contributed by atoms with E-state index in [1.165, 1.54) is 0 Å². The maximum absolute atomic E-state index is 12.5. The molecular formula is C16H22N4O3S. The highest BCUT2D eigenvalue weighted by atomic mass is 32.1. The number of thiazole rings is 1. The van der Waals surface area contributed by atoms with Crippen molar-refractivity contribution >= 4 is 17.2 Å². The molecule has 7 nitrogen and oxygen atoms in total. The highest BCUT2D eigenvalue weighted by molar-refractivity contribution is 7.09. The van der Waals surface area contributed by atoms with Gasteiger partial charge in [0.1, 0.15) is 0 Å². The van der Waals surface area contributed by atoms with Gasteiger partial charge in [-0.05, 0) is 19.8 Å². The number of amides is 1. The Balaban J connectivity index is 1.59. The van der Waals surface area contributed by atoms with Gasteiger partial charge in [0.25, 0.3) is 0 Å². The van der Waals surface area contributed by atoms with Gasteiger partial charge >= 0.3 is 0 Å². The number of hydrogen-bond acceptors (Lipinski definition) is 7. The topological polar surface area (TPSA) is 81.4 Å². The molecule has 3 rings (SSSR count). The minimum Gasteiger partial charge on any atom is -0.384 e. The summed E-state index contributed by atoms with van der Waals surface area (Å²) >= 11 is 1.57. The lowest BCUT2D eigenvalue weighted by Crippen LogP contribution is -2.40. The Labute approximate surface area is 145 Å². The smallest absolute Gasteiger partial charge is 0.231 e. The molecule has 1 atom stereocenters. The van der Waals surface area contributed by atoms with E-state index in [1.807, 2.05) is 17.2 Å². The molecule has 130 valence electrons. The summed E-state index contributed by atoms with van der Waals surface area (Å²) in [5.41, 5.74) is 0.851. The van der Waals surface area contributed by atoms with Crippen LogP contribution in [0.2, 0.25) is 0 Å². The summed E-state index contributed by atoms with van der Waals surface area (Å²) in [4.78, 5) is 23.2. The molecule has 0 spiro atoms. The molecule has 1 amide bonds. The number of likely N-dealkylation sites (tertiary alicyclic amines) is 1. The molecule has 2 aromatic heterocycles. The highest BCUT2D eigenvalue weighted by Crippen LogP contribution is 2.26. The Morgan fingerprint density at radius 2 is 2.38 bits per heavy atom. The fourth-order valence-corrected chi connectivity index (χ4v) is 3.50. The van der Waals surface area contributed by atoms with Gasteiger partial charge in [0.2, 0.25) is 11.8 Å². The van der Waals surface area contributed by atoms with Crippen LogP contribution in [-0.4, -0.2) is 52.7 Å². The van der Waals surface area contributed by atoms with Crippen LogP contribution in [0.15, 0.2) is 9.90 Å². The van der Waals surface area contributed by atoms with E-state index in [0.717, 1.165) is 30.1 Å². The number of aryl methyl sites for hydroxylation is 1. The summed E-state index contributed by atoms with van der Waals surface area (Å²) < 4.78 is 10.4. The number of hydrogen-bond donors (Lipinski definition) is 0. The van der Waals surface area contributed by atoms with Gasteiger partial charge in [-0.1, -0.05) is 5.16 Å². The normalized spacial score (nSPS) is 18.1. The second kappa shape index (κ2) is 7.85. The third kappa shape index (κ3) is 4.18. The molecule has 1 fully saturated rings. The summed E-state index contributed by atoms with van der Waals surface area (Å²) in [6, 6.07) is 0. The Kier molecular flexibility index (Phi) is 5.57. The van der Waals surface area contributed by atoms with E-state index in [1.54, 1.807) is 18.4 Å². The van der Waals surface area contributed by atoms with Crippen molar-refractivity contribution in [2.45, 2.75) is 38.5 Å². The maximum atomic E-state index is 12.5. The largest absolute Gasteiger partial charge is 0.384 e. The van der Waals surface area contributed by atoms with Crippen LogP contribution in [0.3, 0.4) is 0 Å². The van der Waals surface area contributed by atoms with Gasteiger partial charge in [-0.25, -0.2) is 4.98 Å². The summed E-state index contributed by atoms with van der Waals surface area (Å²) in [5, 5.41) is 6.93. The lowest BCUT2D eigenvalue weighted by molar-refractivity contribution is -0.131. The molecule has 0 radical (unpaired) electrons. The van der Waals surface area contributed by atoms with Crippen molar-refractivity contribution in [2.24, 2.45) is 0 Å². The fraction of sp³-hybridized carbons (Fsp3) is 0.625. The van der Waals surface area contributed by atoms with E-state index < -0.39 is 0 Å². The molecule has 0 N–H and O–H groups in total. The van der Waals surface area contributed by atoms with Crippen LogP contribution in [-0.2, 0) is 22.4 Å². The van der Waals surface area contributed by atoms with Crippen LogP contribution in [0.1, 0.15) is 41.2 Å². The lowest BCUT2D eigenvalue weighted by Gasteiger charge is -2.31. The zero-order valence-corrected chi connectivity index (χ0v) is 14.8. The monoisotopic (exact) mass is 350 g/mol. The molecule has 1 unspecified atom stereocenters. The highest BCUT2D eigenvalue weighted by Gasteiger charge is 2.28. The Morgan fingerprint density at radius 3 is 3.12 bits per heavy atom. The lowest BCUT2D eigenvalue weighted by atomic mass is 9.97. The third-order valence-electron chi connectivity index (χ3n) is 4.14. The SMILES string of the molecule is COCCc1noc(C2CCCN(C(=O)Cc3csc(C)n3)C2)n1. The summed E-state index contributed by atoms with van der Waals surface area (Å²) in [5.74, 6) is 1.52. The van der Waals surface area contributed by atoms with Crippen LogP contribution < -0.4 is 0 Å². The molecule has 24 heavy (non-hydrogen) atoms. The number of aromatic nitrogens is 3. The molecule has 0 aliphatic carbocycles. The van der Waals surface area contributed by atoms with Gasteiger partial charge in [-0.15, -0.1) is 11.3 Å². The fourth-order valence-electron chi connectivity index (χ4n) is 2.89. The Bertz CT molecular complexity index is 684. The predicted octanol–water partition coefficient (Wildman–Crippen LogP) is 1.97. The quantitative estimate of drug-likeness (QED) is 0.792. The van der Waals surface area contributed by atoms with E-state index in [9.17, 15) is 4.79 Å². The maximum Gasteiger partial charge on any atom is 0.231 e. The average molecular weight is 350 g/mol. The number of carbonyl (C=O) groups is 1. The van der Waals surface area contributed by atoms with Crippen LogP contribution in [0.5, 0.6) is 0 Å². The molecule has 0 bridgehead atoms. The first-order chi connectivity index (χ1) is 11.7.